The number of amides is 2. The Bertz CT molecular complexity index is 1290. The minimum absolute atomic E-state index is 0.0422. The summed E-state index contributed by atoms with van der Waals surface area (Å²) in [5.74, 6) is -0.313. The van der Waals surface area contributed by atoms with E-state index in [1.54, 1.807) is 24.3 Å². The van der Waals surface area contributed by atoms with E-state index in [2.05, 4.69) is 24.5 Å². The molecule has 0 unspecified atom stereocenters. The van der Waals surface area contributed by atoms with Crippen molar-refractivity contribution in [2.75, 3.05) is 6.54 Å². The van der Waals surface area contributed by atoms with Gasteiger partial charge in [0, 0.05) is 18.0 Å². The topological polar surface area (TPSA) is 115 Å². The molecule has 176 valence electrons. The molecule has 9 nitrogen and oxygen atoms in total. The standard InChI is InChI=1S/C24H30N4O5/c1-15(2)11-12-25-19(29)13-27-21-17-9-5-6-10-18(17)33-22(21)23(31)28(24(27)32)14-20(30)26-16-7-3-4-8-16/h5-6,9-10,15-16H,3-4,7-8,11-14H2,1-2H3,(H,25,29)(H,26,30). The normalized spacial score (nSPS) is 14.4. The Hall–Kier alpha value is -3.36. The molecule has 1 aliphatic carbocycles. The summed E-state index contributed by atoms with van der Waals surface area (Å²) in [5, 5.41) is 6.29. The molecule has 1 fully saturated rings. The molecule has 2 heterocycles. The Morgan fingerprint density at radius 2 is 1.76 bits per heavy atom. The van der Waals surface area contributed by atoms with Gasteiger partial charge in [-0.05, 0) is 37.3 Å². The Morgan fingerprint density at radius 1 is 1.06 bits per heavy atom. The largest absolute Gasteiger partial charge is 0.449 e. The molecule has 0 atom stereocenters. The van der Waals surface area contributed by atoms with E-state index in [-0.39, 0.29) is 29.6 Å². The van der Waals surface area contributed by atoms with Crippen molar-refractivity contribution >= 4 is 33.9 Å². The minimum atomic E-state index is -0.709. The van der Waals surface area contributed by atoms with Crippen LogP contribution in [0.2, 0.25) is 0 Å². The monoisotopic (exact) mass is 454 g/mol. The minimum Gasteiger partial charge on any atom is -0.449 e. The van der Waals surface area contributed by atoms with Gasteiger partial charge in [-0.3, -0.25) is 19.0 Å². The second kappa shape index (κ2) is 9.64. The van der Waals surface area contributed by atoms with Crippen molar-refractivity contribution in [2.24, 2.45) is 5.92 Å². The summed E-state index contributed by atoms with van der Waals surface area (Å²) < 4.78 is 7.86. The summed E-state index contributed by atoms with van der Waals surface area (Å²) in [5.41, 5.74) is -0.721. The Morgan fingerprint density at radius 3 is 2.48 bits per heavy atom. The van der Waals surface area contributed by atoms with Crippen LogP contribution in [-0.4, -0.2) is 33.5 Å². The third-order valence-electron chi connectivity index (χ3n) is 6.11. The number of para-hydroxylation sites is 1. The molecule has 9 heteroatoms. The van der Waals surface area contributed by atoms with Gasteiger partial charge in [0.2, 0.25) is 17.4 Å². The number of nitrogens with one attached hydrogen (secondary N) is 2. The molecule has 2 amide bonds. The van der Waals surface area contributed by atoms with Crippen molar-refractivity contribution in [3.63, 3.8) is 0 Å². The van der Waals surface area contributed by atoms with Crippen molar-refractivity contribution in [1.82, 2.24) is 19.8 Å². The average Bonchev–Trinajstić information content (AvgIpc) is 3.41. The first kappa shape index (κ1) is 22.8. The lowest BCUT2D eigenvalue weighted by Gasteiger charge is -2.14. The molecule has 1 aliphatic rings. The van der Waals surface area contributed by atoms with Crippen molar-refractivity contribution in [3.8, 4) is 0 Å². The van der Waals surface area contributed by atoms with Gasteiger partial charge < -0.3 is 15.1 Å². The molecule has 0 spiro atoms. The van der Waals surface area contributed by atoms with Gasteiger partial charge in [-0.2, -0.15) is 0 Å². The Labute approximate surface area is 190 Å². The SMILES string of the molecule is CC(C)CCNC(=O)Cn1c(=O)n(CC(=O)NC2CCCC2)c(=O)c2oc3ccccc3c21. The third-order valence-corrected chi connectivity index (χ3v) is 6.11. The number of carbonyl (C=O) groups is 2. The molecule has 2 N–H and O–H groups in total. The first-order chi connectivity index (χ1) is 15.8. The second-order valence-electron chi connectivity index (χ2n) is 9.12. The highest BCUT2D eigenvalue weighted by atomic mass is 16.3. The van der Waals surface area contributed by atoms with Crippen LogP contribution in [0.5, 0.6) is 0 Å². The van der Waals surface area contributed by atoms with Gasteiger partial charge in [0.15, 0.2) is 0 Å². The average molecular weight is 455 g/mol. The van der Waals surface area contributed by atoms with E-state index < -0.39 is 23.7 Å². The van der Waals surface area contributed by atoms with Crippen LogP contribution in [0.15, 0.2) is 38.3 Å². The molecule has 3 aromatic rings. The zero-order valence-electron chi connectivity index (χ0n) is 19.1. The highest BCUT2D eigenvalue weighted by Crippen LogP contribution is 2.25. The van der Waals surface area contributed by atoms with Crippen LogP contribution >= 0.6 is 0 Å². The number of fused-ring (bicyclic) bond motifs is 3. The van der Waals surface area contributed by atoms with Gasteiger partial charge in [0.25, 0.3) is 5.56 Å². The number of nitrogens with zero attached hydrogens (tertiary/aromatic N) is 2. The maximum atomic E-state index is 13.4. The van der Waals surface area contributed by atoms with Crippen molar-refractivity contribution in [2.45, 2.75) is 65.1 Å². The first-order valence-electron chi connectivity index (χ1n) is 11.6. The third kappa shape index (κ3) is 4.86. The highest BCUT2D eigenvalue weighted by Gasteiger charge is 2.23. The van der Waals surface area contributed by atoms with Gasteiger partial charge in [-0.25, -0.2) is 9.36 Å². The van der Waals surface area contributed by atoms with Crippen LogP contribution in [0.25, 0.3) is 22.1 Å². The van der Waals surface area contributed by atoms with E-state index in [4.69, 9.17) is 4.42 Å². The molecule has 2 aromatic heterocycles. The van der Waals surface area contributed by atoms with Crippen molar-refractivity contribution in [1.29, 1.82) is 0 Å². The molecule has 0 radical (unpaired) electrons. The lowest BCUT2D eigenvalue weighted by molar-refractivity contribution is -0.122. The number of rotatable bonds is 8. The van der Waals surface area contributed by atoms with Crippen LogP contribution in [0.3, 0.4) is 0 Å². The molecular formula is C24H30N4O5. The lowest BCUT2D eigenvalue weighted by atomic mass is 10.1. The van der Waals surface area contributed by atoms with Gasteiger partial charge in [0.05, 0.1) is 0 Å². The Kier molecular flexibility index (Phi) is 6.67. The van der Waals surface area contributed by atoms with E-state index in [9.17, 15) is 19.2 Å². The zero-order chi connectivity index (χ0) is 23.5. The van der Waals surface area contributed by atoms with Crippen LogP contribution in [0.4, 0.5) is 0 Å². The molecule has 0 aliphatic heterocycles. The number of furan rings is 1. The maximum Gasteiger partial charge on any atom is 0.332 e. The smallest absolute Gasteiger partial charge is 0.332 e. The van der Waals surface area contributed by atoms with E-state index in [0.717, 1.165) is 36.7 Å². The van der Waals surface area contributed by atoms with Gasteiger partial charge >= 0.3 is 5.69 Å². The van der Waals surface area contributed by atoms with E-state index in [1.807, 2.05) is 0 Å². The molecular weight excluding hydrogens is 424 g/mol. The number of benzene rings is 1. The highest BCUT2D eigenvalue weighted by molar-refractivity contribution is 6.02. The van der Waals surface area contributed by atoms with Gasteiger partial charge in [-0.1, -0.05) is 38.8 Å². The van der Waals surface area contributed by atoms with Crippen molar-refractivity contribution in [3.05, 3.63) is 45.1 Å². The molecule has 0 saturated heterocycles. The first-order valence-corrected chi connectivity index (χ1v) is 11.6. The molecule has 1 saturated carbocycles. The number of hydrogen-bond donors (Lipinski definition) is 2. The van der Waals surface area contributed by atoms with Crippen LogP contribution in [-0.2, 0) is 22.7 Å². The van der Waals surface area contributed by atoms with Crippen LogP contribution in [0.1, 0.15) is 46.0 Å². The lowest BCUT2D eigenvalue weighted by Crippen LogP contribution is -2.46. The zero-order valence-corrected chi connectivity index (χ0v) is 19.1. The number of aromatic nitrogens is 2. The predicted octanol–water partition coefficient (Wildman–Crippen LogP) is 2.13. The van der Waals surface area contributed by atoms with E-state index in [1.165, 1.54) is 4.57 Å². The van der Waals surface area contributed by atoms with E-state index in [0.29, 0.717) is 23.4 Å². The van der Waals surface area contributed by atoms with Crippen molar-refractivity contribution < 1.29 is 14.0 Å². The number of carbonyl (C=O) groups excluding carboxylic acids is 2. The predicted molar refractivity (Wildman–Crippen MR) is 125 cm³/mol. The molecule has 33 heavy (non-hydrogen) atoms. The van der Waals surface area contributed by atoms with Gasteiger partial charge in [-0.15, -0.1) is 0 Å². The molecule has 4 rings (SSSR count). The number of hydrogen-bond acceptors (Lipinski definition) is 5. The molecule has 0 bridgehead atoms. The fourth-order valence-corrected chi connectivity index (χ4v) is 4.37. The van der Waals surface area contributed by atoms with Gasteiger partial charge in [0.1, 0.15) is 24.2 Å². The Balaban J connectivity index is 1.73. The fourth-order valence-electron chi connectivity index (χ4n) is 4.37. The quantitative estimate of drug-likeness (QED) is 0.541. The van der Waals surface area contributed by atoms with E-state index >= 15 is 0 Å². The summed E-state index contributed by atoms with van der Waals surface area (Å²) in [6, 6.07) is 7.04. The fraction of sp³-hybridized carbons (Fsp3) is 0.500. The molecule has 1 aromatic carbocycles. The van der Waals surface area contributed by atoms with Crippen LogP contribution in [0, 0.1) is 5.92 Å². The van der Waals surface area contributed by atoms with Crippen LogP contribution < -0.4 is 21.9 Å². The summed E-state index contributed by atoms with van der Waals surface area (Å²) in [4.78, 5) is 51.7. The summed E-state index contributed by atoms with van der Waals surface area (Å²) in [6.07, 6.45) is 4.70. The second-order valence-corrected chi connectivity index (χ2v) is 9.12. The summed E-state index contributed by atoms with van der Waals surface area (Å²) in [7, 11) is 0. The maximum absolute atomic E-state index is 13.4. The summed E-state index contributed by atoms with van der Waals surface area (Å²) in [6.45, 7) is 3.91. The summed E-state index contributed by atoms with van der Waals surface area (Å²) >= 11 is 0.